The van der Waals surface area contributed by atoms with E-state index in [0.717, 1.165) is 85.7 Å². The first-order valence-electron chi connectivity index (χ1n) is 22.1. The van der Waals surface area contributed by atoms with Crippen LogP contribution in [0.25, 0.3) is 0 Å². The molecule has 312 valence electrons. The molecule has 6 aliphatic heterocycles. The minimum absolute atomic E-state index is 0.0161. The second-order valence-corrected chi connectivity index (χ2v) is 18.6. The molecule has 0 spiro atoms. The average molecular weight is 803 g/mol. The van der Waals surface area contributed by atoms with Crippen LogP contribution in [-0.4, -0.2) is 131 Å². The van der Waals surface area contributed by atoms with Crippen LogP contribution in [0.5, 0.6) is 0 Å². The minimum atomic E-state index is -0.579. The summed E-state index contributed by atoms with van der Waals surface area (Å²) < 4.78 is 6.28. The van der Waals surface area contributed by atoms with Crippen molar-refractivity contribution in [1.29, 1.82) is 0 Å². The molecule has 2 aliphatic carbocycles. The molecule has 0 radical (unpaired) electrons. The van der Waals surface area contributed by atoms with Gasteiger partial charge in [0.2, 0.25) is 11.8 Å². The molecule has 2 aromatic rings. The molecule has 1 aromatic heterocycles. The maximum absolute atomic E-state index is 13.2. The number of piperidine rings is 3. The number of aromatic nitrogens is 2. The van der Waals surface area contributed by atoms with Gasteiger partial charge in [-0.2, -0.15) is 5.10 Å². The third kappa shape index (κ3) is 7.97. The third-order valence-corrected chi connectivity index (χ3v) is 14.4. The molecule has 3 amide bonds. The van der Waals surface area contributed by atoms with Gasteiger partial charge in [0.25, 0.3) is 5.91 Å². The molecule has 59 heavy (non-hydrogen) atoms. The number of piperazine rings is 1. The number of amides is 3. The zero-order valence-electron chi connectivity index (χ0n) is 34.5. The quantitative estimate of drug-likeness (QED) is 0.341. The Balaban J connectivity index is 0.661. The van der Waals surface area contributed by atoms with Gasteiger partial charge in [-0.1, -0.05) is 6.08 Å². The summed E-state index contributed by atoms with van der Waals surface area (Å²) >= 11 is 0. The van der Waals surface area contributed by atoms with Gasteiger partial charge in [0, 0.05) is 82.1 Å². The predicted octanol–water partition coefficient (Wildman–Crippen LogP) is 3.69. The molecule has 3 unspecified atom stereocenters. The summed E-state index contributed by atoms with van der Waals surface area (Å²) in [5.41, 5.74) is 7.92. The first-order chi connectivity index (χ1) is 28.6. The lowest BCUT2D eigenvalue weighted by molar-refractivity contribution is -0.136. The molecule has 2 N–H and O–H groups in total. The zero-order chi connectivity index (χ0) is 40.3. The highest BCUT2D eigenvalue weighted by Crippen LogP contribution is 2.42. The molecule has 14 nitrogen and oxygen atoms in total. The van der Waals surface area contributed by atoms with E-state index in [-0.39, 0.29) is 41.7 Å². The smallest absolute Gasteiger partial charge is 0.255 e. The molecule has 0 bridgehead atoms. The van der Waals surface area contributed by atoms with E-state index in [1.54, 1.807) is 11.2 Å². The molecule has 7 heterocycles. The summed E-state index contributed by atoms with van der Waals surface area (Å²) in [6.07, 6.45) is 15.9. The molecule has 4 saturated heterocycles. The Bertz CT molecular complexity index is 2070. The van der Waals surface area contributed by atoms with E-state index in [1.807, 2.05) is 6.07 Å². The summed E-state index contributed by atoms with van der Waals surface area (Å²) in [5, 5.41) is 7.12. The number of benzene rings is 1. The van der Waals surface area contributed by atoms with Gasteiger partial charge in [0.15, 0.2) is 0 Å². The number of rotatable bonds is 10. The van der Waals surface area contributed by atoms with Crippen LogP contribution >= 0.6 is 0 Å². The normalized spacial score (nSPS) is 28.8. The van der Waals surface area contributed by atoms with Crippen molar-refractivity contribution in [1.82, 2.24) is 35.4 Å². The number of imide groups is 1. The van der Waals surface area contributed by atoms with Gasteiger partial charge in [-0.05, 0) is 120 Å². The standard InChI is InChI=1S/C45H58N10O4/c1-29-24-54(40-23-38(46-28-47-40)42-36-22-34(59-45(2)13-14-45)4-6-37(36)49-50-42)20-19-53(29)26-31-9-15-51(16-10-31)25-30-11-17-52(18-12-30)33-3-5-35-32(21-33)27-55(44(35)58)39-7-8-41(56)48-43(39)57/h3-6,21-23,28-31,36-37,39,49H,7-20,24-27H2,1-2H3,(H,48,56,57)/t29-,36?,37?,39?/m0/s1. The van der Waals surface area contributed by atoms with Crippen LogP contribution in [0.15, 0.2) is 59.7 Å². The van der Waals surface area contributed by atoms with Gasteiger partial charge in [-0.25, -0.2) is 9.97 Å². The average Bonchev–Trinajstić information content (AvgIpc) is 3.67. The van der Waals surface area contributed by atoms with Gasteiger partial charge < -0.3 is 29.8 Å². The molecular weight excluding hydrogens is 745 g/mol. The SMILES string of the molecule is C[C@H]1CN(c2cc(C3=NNC4C=CC(OC5(C)CC5)=CC34)ncn2)CCN1CC1CCN(CC2CCN(c3ccc4c(c3)CN(C3CCC(=O)NC3=O)C4=O)CC2)CC1. The summed E-state index contributed by atoms with van der Waals surface area (Å²) in [4.78, 5) is 58.6. The first kappa shape index (κ1) is 38.4. The van der Waals surface area contributed by atoms with Crippen LogP contribution in [0.1, 0.15) is 86.8 Å². The van der Waals surface area contributed by atoms with Crippen molar-refractivity contribution in [2.75, 3.05) is 68.7 Å². The molecule has 1 aromatic carbocycles. The number of nitrogens with zero attached hydrogens (tertiary/aromatic N) is 8. The van der Waals surface area contributed by atoms with Crippen molar-refractivity contribution in [2.45, 2.75) is 95.5 Å². The van der Waals surface area contributed by atoms with E-state index in [4.69, 9.17) is 14.8 Å². The van der Waals surface area contributed by atoms with Crippen molar-refractivity contribution < 1.29 is 19.1 Å². The Kier molecular flexibility index (Phi) is 10.2. The maximum atomic E-state index is 13.2. The molecule has 8 aliphatic rings. The molecule has 1 saturated carbocycles. The van der Waals surface area contributed by atoms with E-state index in [0.29, 0.717) is 30.5 Å². The number of hydrogen-bond donors (Lipinski definition) is 2. The van der Waals surface area contributed by atoms with Crippen molar-refractivity contribution in [3.63, 3.8) is 0 Å². The number of nitrogens with one attached hydrogen (secondary N) is 2. The Morgan fingerprint density at radius 2 is 1.69 bits per heavy atom. The fourth-order valence-electron chi connectivity index (χ4n) is 10.4. The summed E-state index contributed by atoms with van der Waals surface area (Å²) in [6, 6.07) is 8.25. The maximum Gasteiger partial charge on any atom is 0.255 e. The highest BCUT2D eigenvalue weighted by atomic mass is 16.5. The number of hydrogen-bond acceptors (Lipinski definition) is 12. The van der Waals surface area contributed by atoms with E-state index in [9.17, 15) is 14.4 Å². The van der Waals surface area contributed by atoms with Crippen molar-refractivity contribution in [3.8, 4) is 0 Å². The molecule has 5 fully saturated rings. The number of hydrazone groups is 1. The topological polar surface area (TPSA) is 139 Å². The van der Waals surface area contributed by atoms with Crippen LogP contribution in [0, 0.1) is 17.8 Å². The highest BCUT2D eigenvalue weighted by Gasteiger charge is 2.42. The monoisotopic (exact) mass is 802 g/mol. The van der Waals surface area contributed by atoms with Crippen molar-refractivity contribution in [3.05, 3.63) is 71.4 Å². The number of carbonyl (C=O) groups excluding carboxylic acids is 3. The van der Waals surface area contributed by atoms with Crippen molar-refractivity contribution >= 4 is 34.9 Å². The lowest BCUT2D eigenvalue weighted by Gasteiger charge is -2.43. The van der Waals surface area contributed by atoms with Gasteiger partial charge in [0.1, 0.15) is 29.5 Å². The molecule has 14 heteroatoms. The van der Waals surface area contributed by atoms with Crippen LogP contribution in [0.3, 0.4) is 0 Å². The Labute approximate surface area is 347 Å². The number of fused-ring (bicyclic) bond motifs is 2. The minimum Gasteiger partial charge on any atom is -0.488 e. The Morgan fingerprint density at radius 3 is 2.47 bits per heavy atom. The Morgan fingerprint density at radius 1 is 0.898 bits per heavy atom. The lowest BCUT2D eigenvalue weighted by Crippen LogP contribution is -2.54. The van der Waals surface area contributed by atoms with Gasteiger partial charge >= 0.3 is 0 Å². The van der Waals surface area contributed by atoms with Crippen LogP contribution in [-0.2, 0) is 20.9 Å². The number of likely N-dealkylation sites (tertiary alicyclic amines) is 1. The number of ether oxygens (including phenoxy) is 1. The lowest BCUT2D eigenvalue weighted by atomic mass is 9.90. The van der Waals surface area contributed by atoms with Gasteiger partial charge in [-0.3, -0.25) is 24.6 Å². The number of carbonyl (C=O) groups is 3. The predicted molar refractivity (Wildman–Crippen MR) is 225 cm³/mol. The van der Waals surface area contributed by atoms with Crippen LogP contribution in [0.4, 0.5) is 11.5 Å². The number of allylic oxidation sites excluding steroid dienone is 1. The molecular formula is C45H58N10O4. The molecule has 4 atom stereocenters. The second-order valence-electron chi connectivity index (χ2n) is 18.6. The zero-order valence-corrected chi connectivity index (χ0v) is 34.5. The van der Waals surface area contributed by atoms with E-state index in [1.165, 1.54) is 51.9 Å². The summed E-state index contributed by atoms with van der Waals surface area (Å²) in [6.45, 7) is 14.7. The van der Waals surface area contributed by atoms with E-state index < -0.39 is 6.04 Å². The highest BCUT2D eigenvalue weighted by molar-refractivity contribution is 6.06. The van der Waals surface area contributed by atoms with E-state index >= 15 is 0 Å². The third-order valence-electron chi connectivity index (χ3n) is 14.4. The molecule has 10 rings (SSSR count). The summed E-state index contributed by atoms with van der Waals surface area (Å²) in [7, 11) is 0. The number of anilines is 2. The fourth-order valence-corrected chi connectivity index (χ4v) is 10.4. The largest absolute Gasteiger partial charge is 0.488 e. The first-order valence-corrected chi connectivity index (χ1v) is 22.1. The summed E-state index contributed by atoms with van der Waals surface area (Å²) in [5.74, 6) is 2.70. The van der Waals surface area contributed by atoms with Gasteiger partial charge in [-0.15, -0.1) is 0 Å². The second kappa shape index (κ2) is 15.7. The van der Waals surface area contributed by atoms with Crippen molar-refractivity contribution in [2.24, 2.45) is 22.9 Å². The van der Waals surface area contributed by atoms with Crippen LogP contribution < -0.4 is 20.5 Å². The van der Waals surface area contributed by atoms with Gasteiger partial charge in [0.05, 0.1) is 23.4 Å². The fraction of sp³-hybridized carbons (Fsp3) is 0.600. The van der Waals surface area contributed by atoms with Crippen LogP contribution in [0.2, 0.25) is 0 Å². The van der Waals surface area contributed by atoms with E-state index in [2.05, 4.69) is 85.6 Å². The Hall–Kier alpha value is -4.82.